The summed E-state index contributed by atoms with van der Waals surface area (Å²) in [5, 5.41) is 7.76. The van der Waals surface area contributed by atoms with Crippen LogP contribution in [0.5, 0.6) is 0 Å². The Labute approximate surface area is 98.2 Å². The molecule has 0 spiro atoms. The van der Waals surface area contributed by atoms with Crippen molar-refractivity contribution in [1.82, 2.24) is 20.1 Å². The van der Waals surface area contributed by atoms with E-state index in [-0.39, 0.29) is 0 Å². The second-order valence-electron chi connectivity index (χ2n) is 4.19. The van der Waals surface area contributed by atoms with Gasteiger partial charge < -0.3 is 10.1 Å². The molecule has 1 aliphatic rings. The number of aromatic nitrogens is 3. The van der Waals surface area contributed by atoms with E-state index in [1.807, 2.05) is 0 Å². The highest BCUT2D eigenvalue weighted by Crippen LogP contribution is 2.07. The largest absolute Gasteiger partial charge is 0.378 e. The van der Waals surface area contributed by atoms with E-state index in [4.69, 9.17) is 4.74 Å². The molecule has 1 saturated heterocycles. The molecule has 2 heterocycles. The van der Waals surface area contributed by atoms with E-state index < -0.39 is 11.4 Å². The predicted molar refractivity (Wildman–Crippen MR) is 62.1 cm³/mol. The summed E-state index contributed by atoms with van der Waals surface area (Å²) < 4.78 is 6.83. The van der Waals surface area contributed by atoms with Gasteiger partial charge in [0, 0.05) is 13.2 Å². The molecule has 0 saturated carbocycles. The fourth-order valence-electron chi connectivity index (χ4n) is 1.97. The molecule has 0 atom stereocenters. The highest BCUT2D eigenvalue weighted by Gasteiger charge is 2.12. The Bertz CT molecular complexity index is 413. The summed E-state index contributed by atoms with van der Waals surface area (Å²) in [6, 6.07) is 0. The molecule has 0 unspecified atom stereocenters. The average molecular weight is 242 g/mol. The molecule has 0 aromatic carbocycles. The van der Waals surface area contributed by atoms with Crippen LogP contribution in [0.2, 0.25) is 0 Å². The summed E-state index contributed by atoms with van der Waals surface area (Å²) in [5.74, 6) is 0. The maximum absolute atomic E-state index is 11.2. The van der Waals surface area contributed by atoms with Gasteiger partial charge in [0.2, 0.25) is 0 Å². The lowest BCUT2D eigenvalue weighted by Gasteiger charge is -2.22. The molecule has 0 radical (unpaired) electrons. The standard InChI is InChI=1S/C10H18N4O3/c15-9-12-13-10(16)14(9)6-1-7-17-8-2-4-11-5-3-8/h8,11H,1-7H2,(H,12,15)(H,13,16). The van der Waals surface area contributed by atoms with Gasteiger partial charge in [0.05, 0.1) is 6.10 Å². The van der Waals surface area contributed by atoms with Crippen LogP contribution in [0, 0.1) is 0 Å². The maximum Gasteiger partial charge on any atom is 0.344 e. The molecular formula is C10H18N4O3. The summed E-state index contributed by atoms with van der Waals surface area (Å²) in [5.41, 5.74) is -0.784. The summed E-state index contributed by atoms with van der Waals surface area (Å²) in [6.45, 7) is 2.98. The van der Waals surface area contributed by atoms with E-state index >= 15 is 0 Å². The number of hydrogen-bond acceptors (Lipinski definition) is 4. The Hall–Kier alpha value is -1.34. The second kappa shape index (κ2) is 5.83. The fourth-order valence-corrected chi connectivity index (χ4v) is 1.97. The monoisotopic (exact) mass is 242 g/mol. The first-order chi connectivity index (χ1) is 8.27. The summed E-state index contributed by atoms with van der Waals surface area (Å²) in [4.78, 5) is 22.3. The maximum atomic E-state index is 11.2. The number of H-pyrrole nitrogens is 2. The van der Waals surface area contributed by atoms with E-state index in [1.54, 1.807) is 0 Å². The lowest BCUT2D eigenvalue weighted by Crippen LogP contribution is -2.33. The van der Waals surface area contributed by atoms with Crippen LogP contribution in [0.15, 0.2) is 9.59 Å². The Kier molecular flexibility index (Phi) is 4.16. The molecule has 0 aliphatic carbocycles. The molecule has 1 aromatic heterocycles. The third-order valence-electron chi connectivity index (χ3n) is 2.93. The first-order valence-corrected chi connectivity index (χ1v) is 5.97. The third-order valence-corrected chi connectivity index (χ3v) is 2.93. The van der Waals surface area contributed by atoms with Gasteiger partial charge in [-0.25, -0.2) is 24.4 Å². The summed E-state index contributed by atoms with van der Waals surface area (Å²) in [7, 11) is 0. The summed E-state index contributed by atoms with van der Waals surface area (Å²) in [6.07, 6.45) is 3.05. The number of ether oxygens (including phenoxy) is 1. The van der Waals surface area contributed by atoms with Gasteiger partial charge in [-0.2, -0.15) is 0 Å². The average Bonchev–Trinajstić information content (AvgIpc) is 2.67. The SMILES string of the molecule is O=c1[nH][nH]c(=O)n1CCCOC1CCNCC1. The molecule has 7 heteroatoms. The van der Waals surface area contributed by atoms with Gasteiger partial charge in [0.25, 0.3) is 0 Å². The van der Waals surface area contributed by atoms with Crippen LogP contribution in [0.3, 0.4) is 0 Å². The van der Waals surface area contributed by atoms with Crippen molar-refractivity contribution in [1.29, 1.82) is 0 Å². The van der Waals surface area contributed by atoms with Gasteiger partial charge in [-0.15, -0.1) is 0 Å². The number of nitrogens with zero attached hydrogens (tertiary/aromatic N) is 1. The normalized spacial score (nSPS) is 17.4. The van der Waals surface area contributed by atoms with Crippen molar-refractivity contribution < 1.29 is 4.74 Å². The molecule has 7 nitrogen and oxygen atoms in total. The Morgan fingerprint density at radius 2 is 1.82 bits per heavy atom. The Balaban J connectivity index is 1.69. The lowest BCUT2D eigenvalue weighted by atomic mass is 10.1. The number of aromatic amines is 2. The van der Waals surface area contributed by atoms with Gasteiger partial charge >= 0.3 is 11.4 Å². The van der Waals surface area contributed by atoms with Gasteiger partial charge in [-0.3, -0.25) is 0 Å². The van der Waals surface area contributed by atoms with E-state index in [0.717, 1.165) is 30.5 Å². The number of hydrogen-bond donors (Lipinski definition) is 3. The van der Waals surface area contributed by atoms with Crippen molar-refractivity contribution in [2.24, 2.45) is 0 Å². The highest BCUT2D eigenvalue weighted by atomic mass is 16.5. The first-order valence-electron chi connectivity index (χ1n) is 5.97. The van der Waals surface area contributed by atoms with Crippen molar-refractivity contribution in [2.45, 2.75) is 31.9 Å². The third kappa shape index (κ3) is 3.31. The lowest BCUT2D eigenvalue weighted by molar-refractivity contribution is 0.0299. The Morgan fingerprint density at radius 3 is 2.47 bits per heavy atom. The zero-order chi connectivity index (χ0) is 12.1. The minimum atomic E-state index is -0.392. The Morgan fingerprint density at radius 1 is 1.18 bits per heavy atom. The predicted octanol–water partition coefficient (Wildman–Crippen LogP) is -0.977. The van der Waals surface area contributed by atoms with Crippen LogP contribution >= 0.6 is 0 Å². The minimum absolute atomic E-state index is 0.317. The minimum Gasteiger partial charge on any atom is -0.378 e. The molecule has 1 fully saturated rings. The molecule has 2 rings (SSSR count). The van der Waals surface area contributed by atoms with Crippen LogP contribution in [0.4, 0.5) is 0 Å². The van der Waals surface area contributed by atoms with Crippen LogP contribution in [0.1, 0.15) is 19.3 Å². The smallest absolute Gasteiger partial charge is 0.344 e. The topological polar surface area (TPSA) is 91.9 Å². The van der Waals surface area contributed by atoms with Crippen molar-refractivity contribution in [3.8, 4) is 0 Å². The zero-order valence-electron chi connectivity index (χ0n) is 9.70. The van der Waals surface area contributed by atoms with Gasteiger partial charge in [0.1, 0.15) is 0 Å². The highest BCUT2D eigenvalue weighted by molar-refractivity contribution is 4.68. The number of piperidine rings is 1. The molecule has 1 aromatic rings. The molecule has 3 N–H and O–H groups in total. The number of nitrogens with one attached hydrogen (secondary N) is 3. The quantitative estimate of drug-likeness (QED) is 0.579. The van der Waals surface area contributed by atoms with E-state index in [9.17, 15) is 9.59 Å². The molecule has 0 bridgehead atoms. The molecule has 17 heavy (non-hydrogen) atoms. The van der Waals surface area contributed by atoms with Crippen molar-refractivity contribution in [2.75, 3.05) is 19.7 Å². The van der Waals surface area contributed by atoms with Crippen molar-refractivity contribution in [3.63, 3.8) is 0 Å². The number of rotatable bonds is 5. The van der Waals surface area contributed by atoms with E-state index in [2.05, 4.69) is 15.5 Å². The molecule has 1 aliphatic heterocycles. The van der Waals surface area contributed by atoms with Crippen molar-refractivity contribution >= 4 is 0 Å². The van der Waals surface area contributed by atoms with Crippen LogP contribution in [-0.2, 0) is 11.3 Å². The van der Waals surface area contributed by atoms with Crippen LogP contribution in [-0.4, -0.2) is 40.6 Å². The summed E-state index contributed by atoms with van der Waals surface area (Å²) >= 11 is 0. The zero-order valence-corrected chi connectivity index (χ0v) is 9.70. The van der Waals surface area contributed by atoms with Crippen LogP contribution in [0.25, 0.3) is 0 Å². The molecule has 0 amide bonds. The molecular weight excluding hydrogens is 224 g/mol. The van der Waals surface area contributed by atoms with E-state index in [1.165, 1.54) is 0 Å². The van der Waals surface area contributed by atoms with Gasteiger partial charge in [0.15, 0.2) is 0 Å². The fraction of sp³-hybridized carbons (Fsp3) is 0.800. The first kappa shape index (κ1) is 12.1. The van der Waals surface area contributed by atoms with E-state index in [0.29, 0.717) is 25.7 Å². The van der Waals surface area contributed by atoms with Gasteiger partial charge in [-0.1, -0.05) is 0 Å². The molecule has 96 valence electrons. The second-order valence-corrected chi connectivity index (χ2v) is 4.19. The van der Waals surface area contributed by atoms with Crippen LogP contribution < -0.4 is 16.7 Å². The van der Waals surface area contributed by atoms with Gasteiger partial charge in [-0.05, 0) is 32.4 Å². The van der Waals surface area contributed by atoms with Crippen molar-refractivity contribution in [3.05, 3.63) is 21.0 Å².